The Morgan fingerprint density at radius 1 is 0.941 bits per heavy atom. The minimum Gasteiger partial charge on any atom is -0.324 e. The third kappa shape index (κ3) is 4.19. The number of hydrogen-bond donors (Lipinski definition) is 1. The van der Waals surface area contributed by atoms with Gasteiger partial charge < -0.3 is 5.32 Å². The Hall–Kier alpha value is -3.94. The van der Waals surface area contributed by atoms with E-state index in [0.29, 0.717) is 23.3 Å². The van der Waals surface area contributed by atoms with Gasteiger partial charge in [0.25, 0.3) is 5.56 Å². The molecular weight excluding hydrogens is 430 g/mol. The van der Waals surface area contributed by atoms with Crippen LogP contribution in [0.1, 0.15) is 34.9 Å². The van der Waals surface area contributed by atoms with Gasteiger partial charge in [-0.05, 0) is 51.3 Å². The molecule has 0 radical (unpaired) electrons. The summed E-state index contributed by atoms with van der Waals surface area (Å²) in [6.07, 6.45) is 0. The lowest BCUT2D eigenvalue weighted by atomic mass is 10.1. The second-order valence-electron chi connectivity index (χ2n) is 8.67. The summed E-state index contributed by atoms with van der Waals surface area (Å²) >= 11 is 0. The second-order valence-corrected chi connectivity index (χ2v) is 8.67. The molecule has 0 aliphatic carbocycles. The van der Waals surface area contributed by atoms with Crippen molar-refractivity contribution in [1.82, 2.24) is 18.9 Å². The van der Waals surface area contributed by atoms with Crippen molar-refractivity contribution < 1.29 is 4.79 Å². The van der Waals surface area contributed by atoms with Gasteiger partial charge in [0.1, 0.15) is 12.1 Å². The number of hydrogen-bond acceptors (Lipinski definition) is 4. The zero-order valence-electron chi connectivity index (χ0n) is 20.2. The summed E-state index contributed by atoms with van der Waals surface area (Å²) in [5, 5.41) is 7.42. The summed E-state index contributed by atoms with van der Waals surface area (Å²) in [7, 11) is 0. The van der Waals surface area contributed by atoms with Gasteiger partial charge in [-0.3, -0.25) is 23.4 Å². The Bertz CT molecular complexity index is 1490. The molecule has 8 heteroatoms. The van der Waals surface area contributed by atoms with E-state index in [9.17, 15) is 14.4 Å². The van der Waals surface area contributed by atoms with Crippen LogP contribution in [0.2, 0.25) is 0 Å². The van der Waals surface area contributed by atoms with E-state index in [1.165, 1.54) is 9.13 Å². The number of anilines is 1. The molecule has 2 aromatic carbocycles. The SMILES string of the molecule is CCn1nc(C)c2c1c(=O)n(Cc1ccccc1)c(=O)n2CC(=O)Nc1c(C)cc(C)cc1C. The first-order valence-corrected chi connectivity index (χ1v) is 11.3. The maximum atomic E-state index is 13.5. The molecule has 8 nitrogen and oxygen atoms in total. The van der Waals surface area contributed by atoms with E-state index in [1.54, 1.807) is 11.6 Å². The molecule has 4 rings (SSSR count). The molecule has 1 amide bonds. The van der Waals surface area contributed by atoms with Gasteiger partial charge in [-0.25, -0.2) is 4.79 Å². The van der Waals surface area contributed by atoms with E-state index >= 15 is 0 Å². The Labute approximate surface area is 197 Å². The van der Waals surface area contributed by atoms with Gasteiger partial charge >= 0.3 is 5.69 Å². The standard InChI is InChI=1S/C26H29N5O3/c1-6-31-24-23(19(5)28-31)29(15-21(32)27-22-17(3)12-16(2)13-18(22)4)26(34)30(25(24)33)14-20-10-8-7-9-11-20/h7-13H,6,14-15H2,1-5H3,(H,27,32). The average molecular weight is 460 g/mol. The Morgan fingerprint density at radius 3 is 2.21 bits per heavy atom. The molecule has 0 bridgehead atoms. The van der Waals surface area contributed by atoms with Crippen molar-refractivity contribution >= 4 is 22.6 Å². The van der Waals surface area contributed by atoms with Gasteiger partial charge in [0.2, 0.25) is 5.91 Å². The molecule has 1 N–H and O–H groups in total. The third-order valence-corrected chi connectivity index (χ3v) is 6.00. The van der Waals surface area contributed by atoms with Gasteiger partial charge in [-0.1, -0.05) is 48.0 Å². The summed E-state index contributed by atoms with van der Waals surface area (Å²) < 4.78 is 4.14. The Morgan fingerprint density at radius 2 is 1.59 bits per heavy atom. The topological polar surface area (TPSA) is 90.9 Å². The molecule has 0 spiro atoms. The largest absolute Gasteiger partial charge is 0.332 e. The first-order chi connectivity index (χ1) is 16.2. The van der Waals surface area contributed by atoms with Gasteiger partial charge in [-0.15, -0.1) is 0 Å². The van der Waals surface area contributed by atoms with E-state index in [4.69, 9.17) is 0 Å². The van der Waals surface area contributed by atoms with Crippen molar-refractivity contribution in [2.75, 3.05) is 5.32 Å². The third-order valence-electron chi connectivity index (χ3n) is 6.00. The highest BCUT2D eigenvalue weighted by molar-refractivity contribution is 5.93. The van der Waals surface area contributed by atoms with Crippen molar-refractivity contribution in [2.45, 2.75) is 54.3 Å². The number of carbonyl (C=O) groups excluding carboxylic acids is 1. The molecule has 34 heavy (non-hydrogen) atoms. The lowest BCUT2D eigenvalue weighted by Gasteiger charge is -2.15. The average Bonchev–Trinajstić information content (AvgIpc) is 3.13. The maximum Gasteiger partial charge on any atom is 0.332 e. The summed E-state index contributed by atoms with van der Waals surface area (Å²) in [6, 6.07) is 13.3. The van der Waals surface area contributed by atoms with Crippen LogP contribution in [0.15, 0.2) is 52.1 Å². The van der Waals surface area contributed by atoms with Crippen molar-refractivity contribution in [1.29, 1.82) is 0 Å². The Kier molecular flexibility index (Phi) is 6.24. The lowest BCUT2D eigenvalue weighted by molar-refractivity contribution is -0.116. The number of amides is 1. The van der Waals surface area contributed by atoms with Gasteiger partial charge in [0.15, 0.2) is 5.52 Å². The van der Waals surface area contributed by atoms with Gasteiger partial charge in [0, 0.05) is 12.2 Å². The van der Waals surface area contributed by atoms with E-state index in [0.717, 1.165) is 27.9 Å². The number of aryl methyl sites for hydroxylation is 5. The first kappa shape index (κ1) is 23.2. The van der Waals surface area contributed by atoms with Crippen LogP contribution in [0.25, 0.3) is 11.0 Å². The van der Waals surface area contributed by atoms with E-state index < -0.39 is 11.2 Å². The molecule has 2 heterocycles. The van der Waals surface area contributed by atoms with E-state index in [2.05, 4.69) is 10.4 Å². The molecule has 4 aromatic rings. The number of fused-ring (bicyclic) bond motifs is 1. The molecule has 0 atom stereocenters. The second kappa shape index (κ2) is 9.13. The normalized spacial score (nSPS) is 11.2. The van der Waals surface area contributed by atoms with Crippen molar-refractivity contribution in [3.8, 4) is 0 Å². The van der Waals surface area contributed by atoms with Crippen LogP contribution < -0.4 is 16.6 Å². The van der Waals surface area contributed by atoms with Crippen LogP contribution in [0, 0.1) is 27.7 Å². The highest BCUT2D eigenvalue weighted by Gasteiger charge is 2.22. The van der Waals surface area contributed by atoms with Crippen molar-refractivity contribution in [2.24, 2.45) is 0 Å². The number of aromatic nitrogens is 4. The highest BCUT2D eigenvalue weighted by Crippen LogP contribution is 2.22. The van der Waals surface area contributed by atoms with Crippen molar-refractivity contribution in [3.63, 3.8) is 0 Å². The molecule has 176 valence electrons. The van der Waals surface area contributed by atoms with Crippen molar-refractivity contribution in [3.05, 3.63) is 91.3 Å². The first-order valence-electron chi connectivity index (χ1n) is 11.3. The summed E-state index contributed by atoms with van der Waals surface area (Å²) in [4.78, 5) is 40.0. The minimum atomic E-state index is -0.535. The zero-order valence-corrected chi connectivity index (χ0v) is 20.2. The van der Waals surface area contributed by atoms with Gasteiger partial charge in [0.05, 0.1) is 12.2 Å². The maximum absolute atomic E-state index is 13.5. The Balaban J connectivity index is 1.83. The summed E-state index contributed by atoms with van der Waals surface area (Å²) in [5.74, 6) is -0.341. The molecule has 2 aromatic heterocycles. The fourth-order valence-corrected chi connectivity index (χ4v) is 4.54. The summed E-state index contributed by atoms with van der Waals surface area (Å²) in [6.45, 7) is 9.87. The van der Waals surface area contributed by atoms with Crippen LogP contribution in [0.3, 0.4) is 0 Å². The van der Waals surface area contributed by atoms with E-state index in [-0.39, 0.29) is 19.0 Å². The number of benzene rings is 2. The smallest absolute Gasteiger partial charge is 0.324 e. The van der Waals surface area contributed by atoms with Crippen LogP contribution >= 0.6 is 0 Å². The predicted molar refractivity (Wildman–Crippen MR) is 133 cm³/mol. The molecule has 0 aliphatic rings. The number of rotatable bonds is 6. The van der Waals surface area contributed by atoms with Crippen LogP contribution in [0.4, 0.5) is 5.69 Å². The molecule has 0 fully saturated rings. The van der Waals surface area contributed by atoms with Gasteiger partial charge in [-0.2, -0.15) is 5.10 Å². The van der Waals surface area contributed by atoms with Crippen LogP contribution in [-0.4, -0.2) is 24.8 Å². The monoisotopic (exact) mass is 459 g/mol. The predicted octanol–water partition coefficient (Wildman–Crippen LogP) is 3.30. The molecule has 0 saturated carbocycles. The molecule has 0 unspecified atom stereocenters. The zero-order chi connectivity index (χ0) is 24.6. The minimum absolute atomic E-state index is 0.111. The van der Waals surface area contributed by atoms with E-state index in [1.807, 2.05) is 70.2 Å². The quantitative estimate of drug-likeness (QED) is 0.479. The molecular formula is C26H29N5O3. The summed E-state index contributed by atoms with van der Waals surface area (Å²) in [5.41, 5.74) is 4.89. The number of nitrogens with zero attached hydrogens (tertiary/aromatic N) is 4. The highest BCUT2D eigenvalue weighted by atomic mass is 16.2. The van der Waals surface area contributed by atoms with Crippen LogP contribution in [0.5, 0.6) is 0 Å². The molecule has 0 aliphatic heterocycles. The van der Waals surface area contributed by atoms with Crippen LogP contribution in [-0.2, 0) is 24.4 Å². The lowest BCUT2D eigenvalue weighted by Crippen LogP contribution is -2.42. The fraction of sp³-hybridized carbons (Fsp3) is 0.308. The molecule has 0 saturated heterocycles. The number of nitrogens with one attached hydrogen (secondary N) is 1. The number of carbonyl (C=O) groups is 1. The fourth-order valence-electron chi connectivity index (χ4n) is 4.54.